The molecule has 0 aromatic heterocycles. The molecule has 28 heavy (non-hydrogen) atoms. The van der Waals surface area contributed by atoms with Gasteiger partial charge in [-0.05, 0) is 69.4 Å². The number of likely N-dealkylation sites (tertiary alicyclic amines) is 1. The lowest BCUT2D eigenvalue weighted by Crippen LogP contribution is -2.36. The van der Waals surface area contributed by atoms with Gasteiger partial charge < -0.3 is 19.7 Å². The molecule has 8 heteroatoms. The van der Waals surface area contributed by atoms with Gasteiger partial charge in [0.2, 0.25) is 9.84 Å². The smallest absolute Gasteiger partial charge is 0.206 e. The van der Waals surface area contributed by atoms with Gasteiger partial charge in [-0.15, -0.1) is 0 Å². The monoisotopic (exact) mass is 424 g/mol. The van der Waals surface area contributed by atoms with Crippen LogP contribution in [0.5, 0.6) is 11.5 Å². The van der Waals surface area contributed by atoms with Crippen LogP contribution in [0.2, 0.25) is 5.02 Å². The van der Waals surface area contributed by atoms with E-state index in [1.807, 2.05) is 0 Å². The molecule has 1 aliphatic rings. The van der Waals surface area contributed by atoms with Crippen molar-refractivity contribution in [3.63, 3.8) is 0 Å². The molecule has 2 aromatic rings. The second-order valence-electron chi connectivity index (χ2n) is 6.88. The topological polar surface area (TPSA) is 67.9 Å². The summed E-state index contributed by atoms with van der Waals surface area (Å²) >= 11 is 6.12. The van der Waals surface area contributed by atoms with Crippen molar-refractivity contribution >= 4 is 27.1 Å². The van der Waals surface area contributed by atoms with Crippen molar-refractivity contribution < 1.29 is 17.9 Å². The van der Waals surface area contributed by atoms with E-state index in [0.29, 0.717) is 17.2 Å². The average Bonchev–Trinajstić information content (AvgIpc) is 2.69. The van der Waals surface area contributed by atoms with Crippen LogP contribution in [0.25, 0.3) is 0 Å². The molecular weight excluding hydrogens is 400 g/mol. The first-order chi connectivity index (χ1) is 13.3. The number of hydrogen-bond donors (Lipinski definition) is 1. The van der Waals surface area contributed by atoms with E-state index >= 15 is 0 Å². The molecule has 152 valence electrons. The van der Waals surface area contributed by atoms with Gasteiger partial charge in [0, 0.05) is 6.04 Å². The van der Waals surface area contributed by atoms with Crippen LogP contribution in [-0.2, 0) is 9.84 Å². The maximum atomic E-state index is 13.1. The highest BCUT2D eigenvalue weighted by atomic mass is 35.5. The lowest BCUT2D eigenvalue weighted by atomic mass is 10.1. The third-order valence-electron chi connectivity index (χ3n) is 4.99. The van der Waals surface area contributed by atoms with Gasteiger partial charge in [-0.3, -0.25) is 0 Å². The normalized spacial score (nSPS) is 16.0. The maximum Gasteiger partial charge on any atom is 0.206 e. The Kier molecular flexibility index (Phi) is 6.37. The van der Waals surface area contributed by atoms with Gasteiger partial charge in [-0.1, -0.05) is 11.6 Å². The number of sulfone groups is 1. The molecule has 6 nitrogen and oxygen atoms in total. The second-order valence-corrected chi connectivity index (χ2v) is 9.24. The molecule has 0 radical (unpaired) electrons. The van der Waals surface area contributed by atoms with Gasteiger partial charge in [-0.2, -0.15) is 0 Å². The van der Waals surface area contributed by atoms with Crippen LogP contribution < -0.4 is 14.8 Å². The summed E-state index contributed by atoms with van der Waals surface area (Å²) in [6.45, 7) is 2.00. The summed E-state index contributed by atoms with van der Waals surface area (Å²) in [4.78, 5) is 2.59. The van der Waals surface area contributed by atoms with Crippen LogP contribution in [0.1, 0.15) is 12.8 Å². The van der Waals surface area contributed by atoms with Crippen molar-refractivity contribution in [3.8, 4) is 11.5 Å². The van der Waals surface area contributed by atoms with Crippen LogP contribution in [-0.4, -0.2) is 53.7 Å². The van der Waals surface area contributed by atoms with Gasteiger partial charge in [0.15, 0.2) is 0 Å². The number of rotatable bonds is 6. The zero-order valence-electron chi connectivity index (χ0n) is 16.2. The molecule has 1 N–H and O–H groups in total. The Hall–Kier alpha value is -1.96. The first kappa shape index (κ1) is 20.8. The number of methoxy groups -OCH3 is 2. The Morgan fingerprint density at radius 3 is 2.14 bits per heavy atom. The zero-order valence-corrected chi connectivity index (χ0v) is 17.8. The third-order valence-corrected chi connectivity index (χ3v) is 7.04. The molecule has 0 saturated carbocycles. The molecule has 1 aliphatic heterocycles. The van der Waals surface area contributed by atoms with Crippen LogP contribution in [0, 0.1) is 0 Å². The highest BCUT2D eigenvalue weighted by Gasteiger charge is 2.23. The first-order valence-corrected chi connectivity index (χ1v) is 10.9. The van der Waals surface area contributed by atoms with E-state index in [1.54, 1.807) is 31.4 Å². The van der Waals surface area contributed by atoms with E-state index in [0.717, 1.165) is 25.9 Å². The summed E-state index contributed by atoms with van der Waals surface area (Å²) in [5.74, 6) is 1.05. The summed E-state index contributed by atoms with van der Waals surface area (Å²) in [7, 11) is 1.44. The van der Waals surface area contributed by atoms with Gasteiger partial charge in [0.1, 0.15) is 11.5 Å². The molecule has 1 heterocycles. The van der Waals surface area contributed by atoms with E-state index in [-0.39, 0.29) is 20.9 Å². The molecule has 1 fully saturated rings. The number of nitrogens with one attached hydrogen (secondary N) is 1. The molecule has 0 amide bonds. The number of piperidine rings is 1. The van der Waals surface area contributed by atoms with Crippen LogP contribution in [0.4, 0.5) is 5.69 Å². The predicted molar refractivity (Wildman–Crippen MR) is 111 cm³/mol. The third kappa shape index (κ3) is 4.37. The minimum Gasteiger partial charge on any atom is -0.495 e. The molecule has 0 aliphatic carbocycles. The Morgan fingerprint density at radius 2 is 1.57 bits per heavy atom. The fraction of sp³-hybridized carbons (Fsp3) is 0.400. The van der Waals surface area contributed by atoms with Gasteiger partial charge in [-0.25, -0.2) is 8.42 Å². The Labute approximate surface area is 171 Å². The van der Waals surface area contributed by atoms with E-state index in [9.17, 15) is 8.42 Å². The molecule has 0 spiro atoms. The van der Waals surface area contributed by atoms with Crippen molar-refractivity contribution in [2.24, 2.45) is 0 Å². The molecule has 2 aromatic carbocycles. The average molecular weight is 425 g/mol. The number of benzene rings is 2. The quantitative estimate of drug-likeness (QED) is 0.762. The van der Waals surface area contributed by atoms with Crippen LogP contribution in [0.15, 0.2) is 46.2 Å². The largest absolute Gasteiger partial charge is 0.495 e. The SMILES string of the molecule is COc1ccc(S(=O)(=O)c2ccc(OC)c(NC3CCN(C)CC3)c2)cc1Cl. The van der Waals surface area contributed by atoms with Crippen molar-refractivity contribution in [1.29, 1.82) is 0 Å². The number of ether oxygens (including phenoxy) is 2. The van der Waals surface area contributed by atoms with Crippen molar-refractivity contribution in [3.05, 3.63) is 41.4 Å². The second kappa shape index (κ2) is 8.59. The lowest BCUT2D eigenvalue weighted by Gasteiger charge is -2.30. The highest BCUT2D eigenvalue weighted by molar-refractivity contribution is 7.91. The first-order valence-electron chi connectivity index (χ1n) is 9.07. The molecular formula is C20H25ClN2O4S. The standard InChI is InChI=1S/C20H25ClN2O4S/c1-23-10-8-14(9-11-23)22-18-13-16(5-7-20(18)27-3)28(24,25)15-4-6-19(26-2)17(21)12-15/h4-7,12-14,22H,8-11H2,1-3H3. The minimum absolute atomic E-state index is 0.119. The van der Waals surface area contributed by atoms with Crippen LogP contribution >= 0.6 is 11.6 Å². The number of nitrogens with zero attached hydrogens (tertiary/aromatic N) is 1. The minimum atomic E-state index is -3.73. The number of anilines is 1. The Balaban J connectivity index is 1.92. The highest BCUT2D eigenvalue weighted by Crippen LogP contribution is 2.34. The van der Waals surface area contributed by atoms with Crippen molar-refractivity contribution in [2.75, 3.05) is 39.7 Å². The zero-order chi connectivity index (χ0) is 20.3. The Morgan fingerprint density at radius 1 is 1.00 bits per heavy atom. The van der Waals surface area contributed by atoms with E-state index < -0.39 is 9.84 Å². The summed E-state index contributed by atoms with van der Waals surface area (Å²) in [6, 6.07) is 9.58. The number of halogens is 1. The van der Waals surface area contributed by atoms with Gasteiger partial charge in [0.25, 0.3) is 0 Å². The summed E-state index contributed by atoms with van der Waals surface area (Å²) < 4.78 is 36.7. The van der Waals surface area contributed by atoms with E-state index in [4.69, 9.17) is 21.1 Å². The van der Waals surface area contributed by atoms with Crippen LogP contribution in [0.3, 0.4) is 0 Å². The molecule has 3 rings (SSSR count). The molecule has 0 unspecified atom stereocenters. The summed E-state index contributed by atoms with van der Waals surface area (Å²) in [5.41, 5.74) is 0.678. The van der Waals surface area contributed by atoms with Gasteiger partial charge in [0.05, 0.1) is 34.7 Å². The number of hydrogen-bond acceptors (Lipinski definition) is 6. The summed E-state index contributed by atoms with van der Waals surface area (Å²) in [6.07, 6.45) is 1.98. The molecule has 0 atom stereocenters. The van der Waals surface area contributed by atoms with Crippen molar-refractivity contribution in [2.45, 2.75) is 28.7 Å². The summed E-state index contributed by atoms with van der Waals surface area (Å²) in [5, 5.41) is 3.70. The van der Waals surface area contributed by atoms with E-state index in [2.05, 4.69) is 17.3 Å². The molecule has 1 saturated heterocycles. The van der Waals surface area contributed by atoms with Crippen molar-refractivity contribution in [1.82, 2.24) is 4.90 Å². The lowest BCUT2D eigenvalue weighted by molar-refractivity contribution is 0.263. The van der Waals surface area contributed by atoms with Gasteiger partial charge >= 0.3 is 0 Å². The fourth-order valence-electron chi connectivity index (χ4n) is 3.29. The predicted octanol–water partition coefficient (Wildman–Crippen LogP) is 3.70. The van der Waals surface area contributed by atoms with E-state index in [1.165, 1.54) is 19.2 Å². The molecule has 0 bridgehead atoms. The maximum absolute atomic E-state index is 13.1. The fourth-order valence-corrected chi connectivity index (χ4v) is 4.93. The Bertz CT molecular complexity index is 941.